The summed E-state index contributed by atoms with van der Waals surface area (Å²) in [5, 5.41) is 29.9. The third kappa shape index (κ3) is 4.03. The van der Waals surface area contributed by atoms with Gasteiger partial charge in [0.1, 0.15) is 5.76 Å². The maximum Gasteiger partial charge on any atom is 0.376 e. The second kappa shape index (κ2) is 7.77. The number of hydrogen-bond donors (Lipinski definition) is 2. The third-order valence-corrected chi connectivity index (χ3v) is 4.24. The van der Waals surface area contributed by atoms with Gasteiger partial charge in [-0.15, -0.1) is 0 Å². The Hall–Kier alpha value is -4.27. The highest BCUT2D eigenvalue weighted by Crippen LogP contribution is 2.19. The van der Waals surface area contributed by atoms with Crippen molar-refractivity contribution in [3.8, 4) is 0 Å². The fourth-order valence-corrected chi connectivity index (χ4v) is 2.84. The van der Waals surface area contributed by atoms with Crippen LogP contribution in [0, 0.1) is 10.1 Å². The summed E-state index contributed by atoms with van der Waals surface area (Å²) in [5.74, 6) is -3.88. The van der Waals surface area contributed by atoms with Crippen molar-refractivity contribution in [2.75, 3.05) is 0 Å². The Kier molecular flexibility index (Phi) is 5.22. The lowest BCUT2D eigenvalue weighted by molar-refractivity contribution is -0.384. The molecule has 0 fully saturated rings. The van der Waals surface area contributed by atoms with E-state index in [0.29, 0.717) is 17.2 Å². The van der Waals surface area contributed by atoms with Crippen LogP contribution < -0.4 is 5.43 Å². The van der Waals surface area contributed by atoms with Gasteiger partial charge < -0.3 is 14.8 Å². The summed E-state index contributed by atoms with van der Waals surface area (Å²) in [6.07, 6.45) is 1.79. The second-order valence-corrected chi connectivity index (χ2v) is 6.14. The molecule has 0 aliphatic rings. The molecule has 3 rings (SSSR count). The zero-order valence-electron chi connectivity index (χ0n) is 14.8. The fourth-order valence-electron chi connectivity index (χ4n) is 2.84. The van der Waals surface area contributed by atoms with Crippen LogP contribution in [-0.4, -0.2) is 31.5 Å². The number of hydrogen-bond acceptors (Lipinski definition) is 6. The Labute approximate surface area is 162 Å². The van der Waals surface area contributed by atoms with Crippen LogP contribution in [0.15, 0.2) is 65.6 Å². The zero-order chi connectivity index (χ0) is 21.1. The number of rotatable bonds is 6. The number of fused-ring (bicyclic) bond motifs is 1. The average Bonchev–Trinajstić information content (AvgIpc) is 2.70. The largest absolute Gasteiger partial charge is 0.507 e. The molecule has 3 aromatic rings. The molecule has 0 aliphatic carbocycles. The Morgan fingerprint density at radius 1 is 1.07 bits per heavy atom. The van der Waals surface area contributed by atoms with Crippen molar-refractivity contribution < 1.29 is 24.7 Å². The van der Waals surface area contributed by atoms with Crippen molar-refractivity contribution in [2.45, 2.75) is 6.54 Å². The van der Waals surface area contributed by atoms with Crippen LogP contribution in [0.4, 0.5) is 5.69 Å². The molecule has 2 N–H and O–H groups in total. The number of carboxylic acids is 1. The van der Waals surface area contributed by atoms with Crippen molar-refractivity contribution in [3.63, 3.8) is 0 Å². The van der Waals surface area contributed by atoms with E-state index in [1.807, 2.05) is 0 Å². The summed E-state index contributed by atoms with van der Waals surface area (Å²) in [6, 6.07) is 12.4. The average molecular weight is 394 g/mol. The van der Waals surface area contributed by atoms with Gasteiger partial charge in [-0.2, -0.15) is 0 Å². The maximum atomic E-state index is 12.7. The van der Waals surface area contributed by atoms with Gasteiger partial charge in [0.05, 0.1) is 16.0 Å². The molecule has 9 heteroatoms. The Morgan fingerprint density at radius 2 is 1.72 bits per heavy atom. The minimum absolute atomic E-state index is 0.0630. The number of carbonyl (C=O) groups excluding carboxylic acids is 1. The van der Waals surface area contributed by atoms with Crippen LogP contribution >= 0.6 is 0 Å². The number of nitrogens with zero attached hydrogens (tertiary/aromatic N) is 2. The standard InChI is InChI=1S/C20H14N2O7/c23-17(9-18(24)20(26)27)15-11-21(16-4-2-1-3-14(16)19(15)25)10-12-5-7-13(8-6-12)22(28)29/h1-9,11,23H,10H2,(H,26,27). The molecule has 0 saturated heterocycles. The molecule has 0 saturated carbocycles. The summed E-state index contributed by atoms with van der Waals surface area (Å²) in [7, 11) is 0. The number of aliphatic carboxylic acids is 1. The number of ketones is 1. The van der Waals surface area contributed by atoms with Crippen molar-refractivity contribution >= 4 is 34.1 Å². The van der Waals surface area contributed by atoms with Gasteiger partial charge in [0.25, 0.3) is 11.5 Å². The molecule has 2 aromatic carbocycles. The van der Waals surface area contributed by atoms with Crippen LogP contribution in [0.25, 0.3) is 16.7 Å². The van der Waals surface area contributed by atoms with E-state index >= 15 is 0 Å². The fraction of sp³-hybridized carbons (Fsp3) is 0.0500. The van der Waals surface area contributed by atoms with Crippen LogP contribution in [-0.2, 0) is 16.1 Å². The third-order valence-electron chi connectivity index (χ3n) is 4.24. The second-order valence-electron chi connectivity index (χ2n) is 6.14. The summed E-state index contributed by atoms with van der Waals surface area (Å²) in [6.45, 7) is 0.214. The van der Waals surface area contributed by atoms with E-state index in [4.69, 9.17) is 5.11 Å². The SMILES string of the molecule is O=C(O)C(=O)C=C(O)c1cn(Cc2ccc([N+](=O)[O-])cc2)c2ccccc2c1=O. The molecule has 0 aliphatic heterocycles. The Morgan fingerprint density at radius 3 is 2.34 bits per heavy atom. The topological polar surface area (TPSA) is 140 Å². The predicted molar refractivity (Wildman–Crippen MR) is 104 cm³/mol. The predicted octanol–water partition coefficient (Wildman–Crippen LogP) is 2.51. The number of carboxylic acid groups (broad SMARTS) is 1. The van der Waals surface area contributed by atoms with Crippen LogP contribution in [0.2, 0.25) is 0 Å². The summed E-state index contributed by atoms with van der Waals surface area (Å²) in [5.41, 5.74) is 0.372. The molecule has 0 atom stereocenters. The minimum atomic E-state index is -1.76. The molecular weight excluding hydrogens is 380 g/mol. The number of aliphatic hydroxyl groups excluding tert-OH is 1. The normalized spacial score (nSPS) is 11.4. The Bertz CT molecular complexity index is 1220. The number of aliphatic hydroxyl groups is 1. The Balaban J connectivity index is 2.12. The van der Waals surface area contributed by atoms with Gasteiger partial charge in [-0.05, 0) is 17.7 Å². The van der Waals surface area contributed by atoms with Gasteiger partial charge in [-0.1, -0.05) is 24.3 Å². The lowest BCUT2D eigenvalue weighted by Gasteiger charge is -2.13. The van der Waals surface area contributed by atoms with E-state index in [1.54, 1.807) is 41.0 Å². The van der Waals surface area contributed by atoms with Crippen LogP contribution in [0.1, 0.15) is 11.1 Å². The molecule has 29 heavy (non-hydrogen) atoms. The van der Waals surface area contributed by atoms with E-state index < -0.39 is 27.9 Å². The van der Waals surface area contributed by atoms with Gasteiger partial charge >= 0.3 is 5.97 Å². The highest BCUT2D eigenvalue weighted by Gasteiger charge is 2.16. The van der Waals surface area contributed by atoms with Gasteiger partial charge in [0.15, 0.2) is 5.43 Å². The van der Waals surface area contributed by atoms with Crippen molar-refractivity contribution in [3.05, 3.63) is 92.3 Å². The van der Waals surface area contributed by atoms with E-state index in [0.717, 1.165) is 0 Å². The van der Waals surface area contributed by atoms with Gasteiger partial charge in [0.2, 0.25) is 0 Å². The molecule has 0 unspecified atom stereocenters. The van der Waals surface area contributed by atoms with Gasteiger partial charge in [0, 0.05) is 36.3 Å². The molecule has 0 spiro atoms. The smallest absolute Gasteiger partial charge is 0.376 e. The van der Waals surface area contributed by atoms with E-state index in [9.17, 15) is 29.6 Å². The lowest BCUT2D eigenvalue weighted by atomic mass is 10.1. The van der Waals surface area contributed by atoms with Gasteiger partial charge in [-0.25, -0.2) is 4.79 Å². The van der Waals surface area contributed by atoms with E-state index in [2.05, 4.69) is 0 Å². The van der Waals surface area contributed by atoms with Crippen LogP contribution in [0.5, 0.6) is 0 Å². The molecule has 0 bridgehead atoms. The number of benzene rings is 2. The highest BCUT2D eigenvalue weighted by molar-refractivity contribution is 6.38. The van der Waals surface area contributed by atoms with Crippen molar-refractivity contribution in [1.82, 2.24) is 4.57 Å². The van der Waals surface area contributed by atoms with Crippen molar-refractivity contribution in [1.29, 1.82) is 0 Å². The zero-order valence-corrected chi connectivity index (χ0v) is 14.8. The summed E-state index contributed by atoms with van der Waals surface area (Å²) >= 11 is 0. The quantitative estimate of drug-likeness (QED) is 0.215. The summed E-state index contributed by atoms with van der Waals surface area (Å²) in [4.78, 5) is 45.1. The molecule has 146 valence electrons. The summed E-state index contributed by atoms with van der Waals surface area (Å²) < 4.78 is 1.63. The van der Waals surface area contributed by atoms with Gasteiger partial charge in [-0.3, -0.25) is 19.7 Å². The molecule has 9 nitrogen and oxygen atoms in total. The maximum absolute atomic E-state index is 12.7. The number of aromatic nitrogens is 1. The molecule has 0 amide bonds. The number of para-hydroxylation sites is 1. The molecule has 0 radical (unpaired) electrons. The van der Waals surface area contributed by atoms with E-state index in [-0.39, 0.29) is 23.2 Å². The highest BCUT2D eigenvalue weighted by atomic mass is 16.6. The lowest BCUT2D eigenvalue weighted by Crippen LogP contribution is -2.16. The van der Waals surface area contributed by atoms with Crippen LogP contribution in [0.3, 0.4) is 0 Å². The number of nitro benzene ring substituents is 1. The first-order valence-electron chi connectivity index (χ1n) is 8.31. The minimum Gasteiger partial charge on any atom is -0.507 e. The first-order valence-corrected chi connectivity index (χ1v) is 8.31. The molecule has 1 heterocycles. The molecule has 1 aromatic heterocycles. The van der Waals surface area contributed by atoms with Crippen molar-refractivity contribution in [2.24, 2.45) is 0 Å². The number of non-ortho nitro benzene ring substituents is 1. The first kappa shape index (κ1) is 19.5. The molecular formula is C20H14N2O7. The van der Waals surface area contributed by atoms with E-state index in [1.165, 1.54) is 18.3 Å². The number of pyridine rings is 1. The number of nitro groups is 1. The first-order chi connectivity index (χ1) is 13.8. The monoisotopic (exact) mass is 394 g/mol. The number of carbonyl (C=O) groups is 2.